The molecule has 1 aromatic heterocycles. The molecule has 1 fully saturated rings. The summed E-state index contributed by atoms with van der Waals surface area (Å²) in [7, 11) is 4.03. The van der Waals surface area contributed by atoms with E-state index in [4.69, 9.17) is 0 Å². The summed E-state index contributed by atoms with van der Waals surface area (Å²) in [6.45, 7) is 11.0. The number of aryl methyl sites for hydroxylation is 1. The van der Waals surface area contributed by atoms with Crippen LogP contribution in [0.2, 0.25) is 0 Å². The highest BCUT2D eigenvalue weighted by molar-refractivity contribution is 14.0. The maximum Gasteiger partial charge on any atom is 0.191 e. The first-order valence-corrected chi connectivity index (χ1v) is 11.1. The highest BCUT2D eigenvalue weighted by Gasteiger charge is 2.25. The van der Waals surface area contributed by atoms with Gasteiger partial charge in [-0.2, -0.15) is 5.10 Å². The lowest BCUT2D eigenvalue weighted by molar-refractivity contribution is 0.0616. The van der Waals surface area contributed by atoms with Crippen molar-refractivity contribution >= 4 is 29.9 Å². The molecule has 2 heterocycles. The summed E-state index contributed by atoms with van der Waals surface area (Å²) >= 11 is 0. The molecule has 32 heavy (non-hydrogen) atoms. The van der Waals surface area contributed by atoms with Crippen molar-refractivity contribution in [3.05, 3.63) is 53.3 Å². The third-order valence-electron chi connectivity index (χ3n) is 5.72. The summed E-state index contributed by atoms with van der Waals surface area (Å²) in [5, 5.41) is 21.4. The predicted octanol–water partition coefficient (Wildman–Crippen LogP) is 1.75. The Morgan fingerprint density at radius 2 is 1.75 bits per heavy atom. The Labute approximate surface area is 209 Å². The van der Waals surface area contributed by atoms with Gasteiger partial charge in [0, 0.05) is 58.1 Å². The lowest BCUT2D eigenvalue weighted by Gasteiger charge is -2.32. The van der Waals surface area contributed by atoms with Gasteiger partial charge in [0.25, 0.3) is 0 Å². The quantitative estimate of drug-likeness (QED) is 0.262. The molecule has 2 aromatic rings. The van der Waals surface area contributed by atoms with Crippen LogP contribution in [0.15, 0.2) is 41.7 Å². The van der Waals surface area contributed by atoms with Crippen LogP contribution < -0.4 is 10.6 Å². The smallest absolute Gasteiger partial charge is 0.191 e. The zero-order valence-electron chi connectivity index (χ0n) is 19.7. The first-order chi connectivity index (χ1) is 14.9. The minimum Gasteiger partial charge on any atom is -0.383 e. The Balaban J connectivity index is 0.00000363. The number of aliphatic hydroxyl groups is 1. The van der Waals surface area contributed by atoms with Gasteiger partial charge in [0.1, 0.15) is 5.60 Å². The maximum atomic E-state index is 10.8. The first kappa shape index (κ1) is 26.6. The Hall–Kier alpha value is -1.69. The molecule has 1 aliphatic heterocycles. The minimum absolute atomic E-state index is 0. The van der Waals surface area contributed by atoms with E-state index in [0.717, 1.165) is 44.8 Å². The summed E-state index contributed by atoms with van der Waals surface area (Å²) in [6, 6.07) is 8.72. The molecule has 1 saturated heterocycles. The molecular formula is C23H38IN7O. The van der Waals surface area contributed by atoms with Crippen molar-refractivity contribution in [3.8, 4) is 0 Å². The maximum absolute atomic E-state index is 10.8. The fraction of sp³-hybridized carbons (Fsp3) is 0.565. The molecule has 1 unspecified atom stereocenters. The molecule has 1 aromatic carbocycles. The third kappa shape index (κ3) is 8.02. The molecule has 0 spiro atoms. The number of likely N-dealkylation sites (N-methyl/N-ethyl adjacent to an activating group) is 1. The van der Waals surface area contributed by atoms with E-state index >= 15 is 0 Å². The number of hydrogen-bond donors (Lipinski definition) is 3. The Kier molecular flexibility index (Phi) is 10.4. The van der Waals surface area contributed by atoms with Gasteiger partial charge in [0.15, 0.2) is 5.96 Å². The number of nitrogens with zero attached hydrogens (tertiary/aromatic N) is 5. The molecule has 0 amide bonds. The fourth-order valence-electron chi connectivity index (χ4n) is 3.58. The van der Waals surface area contributed by atoms with Crippen molar-refractivity contribution in [2.24, 2.45) is 12.0 Å². The summed E-state index contributed by atoms with van der Waals surface area (Å²) in [4.78, 5) is 9.57. The van der Waals surface area contributed by atoms with Gasteiger partial charge in [0.2, 0.25) is 0 Å². The van der Waals surface area contributed by atoms with E-state index < -0.39 is 5.60 Å². The molecule has 0 bridgehead atoms. The highest BCUT2D eigenvalue weighted by Crippen LogP contribution is 2.18. The van der Waals surface area contributed by atoms with E-state index in [1.807, 2.05) is 20.2 Å². The molecule has 3 N–H and O–H groups in total. The third-order valence-corrected chi connectivity index (χ3v) is 5.72. The number of nitrogens with one attached hydrogen (secondary N) is 2. The van der Waals surface area contributed by atoms with Crippen LogP contribution >= 0.6 is 24.0 Å². The van der Waals surface area contributed by atoms with Gasteiger partial charge < -0.3 is 20.6 Å². The van der Waals surface area contributed by atoms with Crippen molar-refractivity contribution in [3.63, 3.8) is 0 Å². The van der Waals surface area contributed by atoms with Gasteiger partial charge in [-0.1, -0.05) is 24.3 Å². The van der Waals surface area contributed by atoms with Gasteiger partial charge in [-0.3, -0.25) is 9.58 Å². The molecular weight excluding hydrogens is 517 g/mol. The standard InChI is InChI=1S/C23H37N7O.HI/c1-5-24-22(26-18-23(2,31)21-15-27-29(4)17-21)25-14-19-6-8-20(9-7-19)16-30-12-10-28(3)11-13-30;/h6-9,15,17,31H,5,10-14,16,18H2,1-4H3,(H2,24,25,26);1H. The lowest BCUT2D eigenvalue weighted by Crippen LogP contribution is -2.44. The van der Waals surface area contributed by atoms with Crippen LogP contribution in [0.4, 0.5) is 0 Å². The van der Waals surface area contributed by atoms with Crippen molar-refractivity contribution in [2.45, 2.75) is 32.5 Å². The van der Waals surface area contributed by atoms with Crippen molar-refractivity contribution < 1.29 is 5.11 Å². The fourth-order valence-corrected chi connectivity index (χ4v) is 3.58. The van der Waals surface area contributed by atoms with Crippen LogP contribution in [-0.4, -0.2) is 77.0 Å². The molecule has 3 rings (SSSR count). The average molecular weight is 556 g/mol. The first-order valence-electron chi connectivity index (χ1n) is 11.1. The molecule has 9 heteroatoms. The summed E-state index contributed by atoms with van der Waals surface area (Å²) in [5.41, 5.74) is 2.25. The Bertz CT molecular complexity index is 842. The van der Waals surface area contributed by atoms with Crippen LogP contribution in [0.5, 0.6) is 0 Å². The number of aromatic nitrogens is 2. The van der Waals surface area contributed by atoms with Gasteiger partial charge in [-0.15, -0.1) is 24.0 Å². The van der Waals surface area contributed by atoms with Crippen LogP contribution in [0.1, 0.15) is 30.5 Å². The largest absolute Gasteiger partial charge is 0.383 e. The van der Waals surface area contributed by atoms with Gasteiger partial charge in [0.05, 0.1) is 19.3 Å². The van der Waals surface area contributed by atoms with E-state index in [-0.39, 0.29) is 24.0 Å². The number of rotatable bonds is 8. The Morgan fingerprint density at radius 3 is 2.34 bits per heavy atom. The lowest BCUT2D eigenvalue weighted by atomic mass is 10.00. The second kappa shape index (κ2) is 12.5. The number of hydrogen-bond acceptors (Lipinski definition) is 5. The number of piperazine rings is 1. The zero-order chi connectivity index (χ0) is 22.3. The number of guanidine groups is 1. The monoisotopic (exact) mass is 555 g/mol. The SMILES string of the molecule is CCNC(=NCc1ccc(CN2CCN(C)CC2)cc1)NCC(C)(O)c1cnn(C)c1.I. The second-order valence-electron chi connectivity index (χ2n) is 8.62. The van der Waals surface area contributed by atoms with E-state index in [1.165, 1.54) is 11.1 Å². The molecule has 0 radical (unpaired) electrons. The number of aliphatic imine (C=N–C) groups is 1. The minimum atomic E-state index is -1.03. The summed E-state index contributed by atoms with van der Waals surface area (Å²) < 4.78 is 1.69. The molecule has 8 nitrogen and oxygen atoms in total. The molecule has 1 aliphatic rings. The topological polar surface area (TPSA) is 81.0 Å². The predicted molar refractivity (Wildman–Crippen MR) is 140 cm³/mol. The number of halogens is 1. The van der Waals surface area contributed by atoms with Crippen LogP contribution in [0, 0.1) is 0 Å². The zero-order valence-corrected chi connectivity index (χ0v) is 22.0. The van der Waals surface area contributed by atoms with Crippen molar-refractivity contribution in [1.29, 1.82) is 0 Å². The molecule has 0 aliphatic carbocycles. The normalized spacial score (nSPS) is 17.5. The molecule has 0 saturated carbocycles. The number of benzene rings is 1. The Morgan fingerprint density at radius 1 is 1.09 bits per heavy atom. The van der Waals surface area contributed by atoms with E-state index in [1.54, 1.807) is 17.8 Å². The van der Waals surface area contributed by atoms with E-state index in [9.17, 15) is 5.11 Å². The average Bonchev–Trinajstić information content (AvgIpc) is 3.20. The molecule has 1 atom stereocenters. The molecule has 178 valence electrons. The van der Waals surface area contributed by atoms with Crippen LogP contribution in [0.25, 0.3) is 0 Å². The van der Waals surface area contributed by atoms with Crippen molar-refractivity contribution in [2.75, 3.05) is 46.3 Å². The van der Waals surface area contributed by atoms with Crippen LogP contribution in [-0.2, 0) is 25.7 Å². The van der Waals surface area contributed by atoms with E-state index in [2.05, 4.69) is 61.8 Å². The van der Waals surface area contributed by atoms with Crippen LogP contribution in [0.3, 0.4) is 0 Å². The summed E-state index contributed by atoms with van der Waals surface area (Å²) in [6.07, 6.45) is 3.52. The highest BCUT2D eigenvalue weighted by atomic mass is 127. The van der Waals surface area contributed by atoms with E-state index in [0.29, 0.717) is 19.0 Å². The van der Waals surface area contributed by atoms with Crippen molar-refractivity contribution in [1.82, 2.24) is 30.2 Å². The van der Waals surface area contributed by atoms with Gasteiger partial charge in [-0.25, -0.2) is 4.99 Å². The summed E-state index contributed by atoms with van der Waals surface area (Å²) in [5.74, 6) is 0.688. The second-order valence-corrected chi connectivity index (χ2v) is 8.62. The van der Waals surface area contributed by atoms with Gasteiger partial charge >= 0.3 is 0 Å². The van der Waals surface area contributed by atoms with Gasteiger partial charge in [-0.05, 0) is 32.0 Å².